The number of carbonyl (C=O) groups is 1. The number of benzene rings is 1. The van der Waals surface area contributed by atoms with Gasteiger partial charge in [0.05, 0.1) is 21.4 Å². The minimum absolute atomic E-state index is 0.00396. The van der Waals surface area contributed by atoms with E-state index in [1.807, 2.05) is 6.07 Å². The minimum Gasteiger partial charge on any atom is -0.476 e. The number of nitrogens with zero attached hydrogens (tertiary/aromatic N) is 1. The first-order valence-electron chi connectivity index (χ1n) is 5.05. The number of pyridine rings is 1. The Morgan fingerprint density at radius 2 is 1.89 bits per heavy atom. The average molecular weight is 262 g/mol. The lowest BCUT2D eigenvalue weighted by Crippen LogP contribution is -2.06. The maximum atomic E-state index is 12.1. The molecule has 1 aromatic carbocycles. The molecule has 0 fully saturated rings. The molecule has 0 bridgehead atoms. The van der Waals surface area contributed by atoms with Crippen LogP contribution in [0.5, 0.6) is 0 Å². The quantitative estimate of drug-likeness (QED) is 0.874. The third-order valence-electron chi connectivity index (χ3n) is 2.27. The SMILES string of the molecule is Nc1cc(S(=O)c2ccccc2)cnc1C(=O)O. The molecule has 92 valence electrons. The Hall–Kier alpha value is -2.21. The normalized spacial score (nSPS) is 12.0. The van der Waals surface area contributed by atoms with Crippen LogP contribution in [0.4, 0.5) is 5.69 Å². The van der Waals surface area contributed by atoms with Crippen LogP contribution in [0.15, 0.2) is 52.4 Å². The van der Waals surface area contributed by atoms with Gasteiger partial charge in [-0.05, 0) is 18.2 Å². The Balaban J connectivity index is 2.39. The summed E-state index contributed by atoms with van der Waals surface area (Å²) in [6.07, 6.45) is 1.27. The zero-order chi connectivity index (χ0) is 13.1. The number of carboxylic acids is 1. The summed E-state index contributed by atoms with van der Waals surface area (Å²) in [5.74, 6) is -1.20. The van der Waals surface area contributed by atoms with E-state index >= 15 is 0 Å². The van der Waals surface area contributed by atoms with E-state index in [9.17, 15) is 9.00 Å². The van der Waals surface area contributed by atoms with Crippen LogP contribution in [0, 0.1) is 0 Å². The van der Waals surface area contributed by atoms with E-state index in [0.717, 1.165) is 0 Å². The summed E-state index contributed by atoms with van der Waals surface area (Å²) in [7, 11) is -1.41. The molecular weight excluding hydrogens is 252 g/mol. The number of hydrogen-bond donors (Lipinski definition) is 2. The van der Waals surface area contributed by atoms with Crippen molar-refractivity contribution in [1.29, 1.82) is 0 Å². The van der Waals surface area contributed by atoms with Crippen LogP contribution in [0.2, 0.25) is 0 Å². The van der Waals surface area contributed by atoms with Crippen molar-refractivity contribution in [2.75, 3.05) is 5.73 Å². The molecule has 3 N–H and O–H groups in total. The highest BCUT2D eigenvalue weighted by atomic mass is 32.2. The Bertz CT molecular complexity index is 614. The second-order valence-electron chi connectivity index (χ2n) is 3.50. The molecule has 0 amide bonds. The number of aromatic carboxylic acids is 1. The van der Waals surface area contributed by atoms with Crippen molar-refractivity contribution < 1.29 is 14.1 Å². The molecule has 1 atom stereocenters. The average Bonchev–Trinajstić information content (AvgIpc) is 2.38. The fourth-order valence-corrected chi connectivity index (χ4v) is 2.48. The molecule has 0 saturated carbocycles. The molecule has 5 nitrogen and oxygen atoms in total. The van der Waals surface area contributed by atoms with Crippen LogP contribution in [-0.2, 0) is 10.8 Å². The number of hydrogen-bond acceptors (Lipinski definition) is 4. The number of nitrogens with two attached hydrogens (primary N) is 1. The van der Waals surface area contributed by atoms with Crippen molar-refractivity contribution in [3.8, 4) is 0 Å². The smallest absolute Gasteiger partial charge is 0.356 e. The molecule has 1 heterocycles. The highest BCUT2D eigenvalue weighted by molar-refractivity contribution is 7.85. The lowest BCUT2D eigenvalue weighted by atomic mass is 10.3. The second-order valence-corrected chi connectivity index (χ2v) is 4.98. The minimum atomic E-state index is -1.41. The van der Waals surface area contributed by atoms with Gasteiger partial charge in [0.1, 0.15) is 0 Å². The molecule has 0 spiro atoms. The Morgan fingerprint density at radius 1 is 1.22 bits per heavy atom. The lowest BCUT2D eigenvalue weighted by Gasteiger charge is -2.04. The number of carboxylic acid groups (broad SMARTS) is 1. The zero-order valence-electron chi connectivity index (χ0n) is 9.24. The van der Waals surface area contributed by atoms with E-state index in [1.54, 1.807) is 24.3 Å². The number of rotatable bonds is 3. The molecule has 6 heteroatoms. The van der Waals surface area contributed by atoms with Gasteiger partial charge >= 0.3 is 5.97 Å². The summed E-state index contributed by atoms with van der Waals surface area (Å²) in [6.45, 7) is 0. The Morgan fingerprint density at radius 3 is 2.44 bits per heavy atom. The van der Waals surface area contributed by atoms with Gasteiger partial charge in [0.2, 0.25) is 0 Å². The van der Waals surface area contributed by atoms with Crippen molar-refractivity contribution in [2.45, 2.75) is 9.79 Å². The van der Waals surface area contributed by atoms with Gasteiger partial charge in [0, 0.05) is 11.1 Å². The van der Waals surface area contributed by atoms with Crippen molar-refractivity contribution in [1.82, 2.24) is 4.98 Å². The standard InChI is InChI=1S/C12H10N2O3S/c13-10-6-9(7-14-11(10)12(15)16)18(17)8-4-2-1-3-5-8/h1-7H,13H2,(H,15,16). The molecule has 0 radical (unpaired) electrons. The van der Waals surface area contributed by atoms with Gasteiger partial charge in [-0.15, -0.1) is 0 Å². The molecule has 2 rings (SSSR count). The second kappa shape index (κ2) is 4.97. The summed E-state index contributed by atoms with van der Waals surface area (Å²) < 4.78 is 12.1. The van der Waals surface area contributed by atoms with Gasteiger partial charge in [-0.3, -0.25) is 0 Å². The monoisotopic (exact) mass is 262 g/mol. The van der Waals surface area contributed by atoms with Crippen LogP contribution in [-0.4, -0.2) is 20.3 Å². The van der Waals surface area contributed by atoms with E-state index in [4.69, 9.17) is 10.8 Å². The zero-order valence-corrected chi connectivity index (χ0v) is 10.1. The van der Waals surface area contributed by atoms with E-state index in [-0.39, 0.29) is 11.4 Å². The molecule has 0 aliphatic heterocycles. The van der Waals surface area contributed by atoms with Gasteiger partial charge in [-0.2, -0.15) is 0 Å². The predicted octanol–water partition coefficient (Wildman–Crippen LogP) is 1.53. The number of aromatic nitrogens is 1. The van der Waals surface area contributed by atoms with E-state index < -0.39 is 16.8 Å². The van der Waals surface area contributed by atoms with Crippen molar-refractivity contribution in [3.05, 3.63) is 48.3 Å². The van der Waals surface area contributed by atoms with Gasteiger partial charge in [0.25, 0.3) is 0 Å². The summed E-state index contributed by atoms with van der Waals surface area (Å²) in [4.78, 5) is 15.5. The molecule has 2 aromatic rings. The first-order chi connectivity index (χ1) is 8.59. The van der Waals surface area contributed by atoms with Crippen LogP contribution in [0.1, 0.15) is 10.5 Å². The molecule has 0 saturated heterocycles. The summed E-state index contributed by atoms with van der Waals surface area (Å²) in [5, 5.41) is 8.79. The first-order valence-corrected chi connectivity index (χ1v) is 6.20. The molecule has 18 heavy (non-hydrogen) atoms. The van der Waals surface area contributed by atoms with Crippen molar-refractivity contribution in [3.63, 3.8) is 0 Å². The highest BCUT2D eigenvalue weighted by Crippen LogP contribution is 2.19. The maximum absolute atomic E-state index is 12.1. The van der Waals surface area contributed by atoms with Gasteiger partial charge in [0.15, 0.2) is 5.69 Å². The third kappa shape index (κ3) is 2.38. The van der Waals surface area contributed by atoms with Crippen LogP contribution < -0.4 is 5.73 Å². The Labute approximate surface area is 106 Å². The van der Waals surface area contributed by atoms with E-state index in [1.165, 1.54) is 12.3 Å². The van der Waals surface area contributed by atoms with E-state index in [2.05, 4.69) is 4.98 Å². The van der Waals surface area contributed by atoms with Gasteiger partial charge in [-0.25, -0.2) is 14.0 Å². The maximum Gasteiger partial charge on any atom is 0.356 e. The molecule has 1 aromatic heterocycles. The fourth-order valence-electron chi connectivity index (χ4n) is 1.42. The number of anilines is 1. The molecular formula is C12H10N2O3S. The molecule has 1 unspecified atom stereocenters. The molecule has 0 aliphatic carbocycles. The number of nitrogen functional groups attached to an aromatic ring is 1. The van der Waals surface area contributed by atoms with Gasteiger partial charge in [-0.1, -0.05) is 18.2 Å². The summed E-state index contributed by atoms with van der Waals surface area (Å²) in [6, 6.07) is 10.2. The lowest BCUT2D eigenvalue weighted by molar-refractivity contribution is 0.0691. The van der Waals surface area contributed by atoms with Crippen LogP contribution in [0.3, 0.4) is 0 Å². The highest BCUT2D eigenvalue weighted by Gasteiger charge is 2.13. The topological polar surface area (TPSA) is 93.3 Å². The fraction of sp³-hybridized carbons (Fsp3) is 0. The predicted molar refractivity (Wildman–Crippen MR) is 66.7 cm³/mol. The molecule has 0 aliphatic rings. The first kappa shape index (κ1) is 12.3. The summed E-state index contributed by atoms with van der Waals surface area (Å²) in [5.41, 5.74) is 5.33. The third-order valence-corrected chi connectivity index (χ3v) is 3.62. The Kier molecular flexibility index (Phi) is 3.38. The summed E-state index contributed by atoms with van der Waals surface area (Å²) >= 11 is 0. The van der Waals surface area contributed by atoms with Gasteiger partial charge < -0.3 is 10.8 Å². The van der Waals surface area contributed by atoms with Crippen LogP contribution >= 0.6 is 0 Å². The largest absolute Gasteiger partial charge is 0.476 e. The van der Waals surface area contributed by atoms with Crippen molar-refractivity contribution in [2.24, 2.45) is 0 Å². The van der Waals surface area contributed by atoms with Crippen molar-refractivity contribution >= 4 is 22.5 Å². The van der Waals surface area contributed by atoms with E-state index in [0.29, 0.717) is 9.79 Å². The van der Waals surface area contributed by atoms with Crippen LogP contribution in [0.25, 0.3) is 0 Å².